The van der Waals surface area contributed by atoms with Crippen LogP contribution in [0.3, 0.4) is 0 Å². The van der Waals surface area contributed by atoms with E-state index in [2.05, 4.69) is 4.98 Å². The van der Waals surface area contributed by atoms with Gasteiger partial charge in [-0.3, -0.25) is 0 Å². The summed E-state index contributed by atoms with van der Waals surface area (Å²) in [5.41, 5.74) is 0.181. The highest BCUT2D eigenvalue weighted by molar-refractivity contribution is 5.40. The highest BCUT2D eigenvalue weighted by Crippen LogP contribution is 2.25. The van der Waals surface area contributed by atoms with E-state index in [4.69, 9.17) is 0 Å². The first-order valence-electron chi connectivity index (χ1n) is 4.82. The number of fused-ring (bicyclic) bond motifs is 1. The fourth-order valence-corrected chi connectivity index (χ4v) is 1.52. The zero-order valence-corrected chi connectivity index (χ0v) is 8.75. The van der Waals surface area contributed by atoms with Crippen molar-refractivity contribution in [1.29, 1.82) is 0 Å². The highest BCUT2D eigenvalue weighted by atomic mass is 16.3. The fourth-order valence-electron chi connectivity index (χ4n) is 1.52. The second-order valence-corrected chi connectivity index (χ2v) is 4.17. The Hall–Kier alpha value is -1.39. The van der Waals surface area contributed by atoms with Crippen LogP contribution in [0, 0.1) is 0 Å². The van der Waals surface area contributed by atoms with Gasteiger partial charge in [0, 0.05) is 6.20 Å². The first-order chi connectivity index (χ1) is 7.00. The predicted molar refractivity (Wildman–Crippen MR) is 56.4 cm³/mol. The lowest BCUT2D eigenvalue weighted by Gasteiger charge is -2.23. The third kappa shape index (κ3) is 1.73. The molecule has 80 valence electrons. The molecule has 1 atom stereocenters. The van der Waals surface area contributed by atoms with Crippen molar-refractivity contribution in [2.45, 2.75) is 25.6 Å². The fraction of sp³-hybridized carbons (Fsp3) is 0.364. The minimum Gasteiger partial charge on any atom is -0.387 e. The standard InChI is InChI=1S/C11H14N2O2/c1-11(2,15)10(14)8-7-12-9-5-3-4-6-13(8)9/h3-7,10,14-15H,1-2H3. The van der Waals surface area contributed by atoms with Crippen molar-refractivity contribution in [3.8, 4) is 0 Å². The highest BCUT2D eigenvalue weighted by Gasteiger charge is 2.28. The van der Waals surface area contributed by atoms with E-state index in [-0.39, 0.29) is 0 Å². The molecular weight excluding hydrogens is 192 g/mol. The number of rotatable bonds is 2. The Bertz CT molecular complexity index is 471. The van der Waals surface area contributed by atoms with Gasteiger partial charge in [-0.05, 0) is 26.0 Å². The van der Waals surface area contributed by atoms with Crippen LogP contribution in [0.1, 0.15) is 25.6 Å². The molecule has 0 radical (unpaired) electrons. The Morgan fingerprint density at radius 1 is 1.40 bits per heavy atom. The van der Waals surface area contributed by atoms with Gasteiger partial charge in [0.05, 0.1) is 17.5 Å². The van der Waals surface area contributed by atoms with Gasteiger partial charge in [0.15, 0.2) is 0 Å². The van der Waals surface area contributed by atoms with Gasteiger partial charge in [-0.1, -0.05) is 6.07 Å². The average Bonchev–Trinajstić information content (AvgIpc) is 2.58. The lowest BCUT2D eigenvalue weighted by molar-refractivity contribution is -0.0521. The maximum Gasteiger partial charge on any atom is 0.136 e. The lowest BCUT2D eigenvalue weighted by atomic mass is 10.00. The molecule has 0 saturated heterocycles. The summed E-state index contributed by atoms with van der Waals surface area (Å²) < 4.78 is 1.77. The van der Waals surface area contributed by atoms with Crippen LogP contribution in [0.15, 0.2) is 30.6 Å². The number of aromatic nitrogens is 2. The van der Waals surface area contributed by atoms with Crippen LogP contribution in [-0.2, 0) is 0 Å². The van der Waals surface area contributed by atoms with Gasteiger partial charge in [-0.2, -0.15) is 0 Å². The number of hydrogen-bond donors (Lipinski definition) is 2. The molecule has 2 aromatic rings. The molecule has 0 amide bonds. The molecule has 1 unspecified atom stereocenters. The molecule has 0 bridgehead atoms. The number of pyridine rings is 1. The van der Waals surface area contributed by atoms with Crippen LogP contribution < -0.4 is 0 Å². The second-order valence-electron chi connectivity index (χ2n) is 4.17. The van der Waals surface area contributed by atoms with Gasteiger partial charge in [0.2, 0.25) is 0 Å². The van der Waals surface area contributed by atoms with E-state index in [0.29, 0.717) is 5.69 Å². The number of hydrogen-bond acceptors (Lipinski definition) is 3. The summed E-state index contributed by atoms with van der Waals surface area (Å²) in [4.78, 5) is 4.15. The van der Waals surface area contributed by atoms with Gasteiger partial charge in [-0.25, -0.2) is 4.98 Å². The van der Waals surface area contributed by atoms with Gasteiger partial charge >= 0.3 is 0 Å². The van der Waals surface area contributed by atoms with E-state index in [1.807, 2.05) is 24.4 Å². The number of nitrogens with zero attached hydrogens (tertiary/aromatic N) is 2. The van der Waals surface area contributed by atoms with Gasteiger partial charge < -0.3 is 14.6 Å². The third-order valence-corrected chi connectivity index (χ3v) is 2.39. The van der Waals surface area contributed by atoms with Crippen molar-refractivity contribution in [3.63, 3.8) is 0 Å². The van der Waals surface area contributed by atoms with Crippen LogP contribution in [0.5, 0.6) is 0 Å². The Morgan fingerprint density at radius 2 is 2.13 bits per heavy atom. The van der Waals surface area contributed by atoms with Crippen molar-refractivity contribution in [2.75, 3.05) is 0 Å². The van der Waals surface area contributed by atoms with E-state index >= 15 is 0 Å². The van der Waals surface area contributed by atoms with E-state index < -0.39 is 11.7 Å². The van der Waals surface area contributed by atoms with Crippen LogP contribution in [-0.4, -0.2) is 25.2 Å². The van der Waals surface area contributed by atoms with E-state index in [9.17, 15) is 10.2 Å². The largest absolute Gasteiger partial charge is 0.387 e. The van der Waals surface area contributed by atoms with E-state index in [1.54, 1.807) is 24.4 Å². The SMILES string of the molecule is CC(C)(O)C(O)c1cnc2ccccn12. The molecule has 0 aliphatic heterocycles. The first-order valence-corrected chi connectivity index (χ1v) is 4.82. The Balaban J connectivity index is 2.53. The van der Waals surface area contributed by atoms with Crippen molar-refractivity contribution < 1.29 is 10.2 Å². The molecule has 2 N–H and O–H groups in total. The smallest absolute Gasteiger partial charge is 0.136 e. The summed E-state index contributed by atoms with van der Waals surface area (Å²) in [7, 11) is 0. The quantitative estimate of drug-likeness (QED) is 0.774. The maximum atomic E-state index is 9.93. The number of aliphatic hydroxyl groups is 2. The van der Waals surface area contributed by atoms with Crippen LogP contribution >= 0.6 is 0 Å². The van der Waals surface area contributed by atoms with Crippen LogP contribution in [0.25, 0.3) is 5.65 Å². The number of aliphatic hydroxyl groups excluding tert-OH is 1. The van der Waals surface area contributed by atoms with E-state index in [1.165, 1.54) is 0 Å². The zero-order chi connectivity index (χ0) is 11.1. The molecular formula is C11H14N2O2. The average molecular weight is 206 g/mol. The Kier molecular flexibility index (Phi) is 2.25. The molecule has 4 heteroatoms. The minimum atomic E-state index is -1.17. The van der Waals surface area contributed by atoms with E-state index in [0.717, 1.165) is 5.65 Å². The van der Waals surface area contributed by atoms with Crippen molar-refractivity contribution >= 4 is 5.65 Å². The van der Waals surface area contributed by atoms with Gasteiger partial charge in [0.25, 0.3) is 0 Å². The summed E-state index contributed by atoms with van der Waals surface area (Å²) in [6, 6.07) is 5.58. The summed E-state index contributed by atoms with van der Waals surface area (Å²) in [6.45, 7) is 3.14. The van der Waals surface area contributed by atoms with Crippen molar-refractivity contribution in [2.24, 2.45) is 0 Å². The summed E-state index contributed by atoms with van der Waals surface area (Å²) >= 11 is 0. The topological polar surface area (TPSA) is 57.8 Å². The van der Waals surface area contributed by atoms with Crippen molar-refractivity contribution in [3.05, 3.63) is 36.3 Å². The second kappa shape index (κ2) is 3.32. The lowest BCUT2D eigenvalue weighted by Crippen LogP contribution is -2.29. The zero-order valence-electron chi connectivity index (χ0n) is 8.75. The molecule has 2 heterocycles. The van der Waals surface area contributed by atoms with Crippen LogP contribution in [0.4, 0.5) is 0 Å². The molecule has 0 saturated carbocycles. The maximum absolute atomic E-state index is 9.93. The Labute approximate surface area is 87.8 Å². The normalized spacial score (nSPS) is 14.4. The molecule has 4 nitrogen and oxygen atoms in total. The predicted octanol–water partition coefficient (Wildman–Crippen LogP) is 1.14. The van der Waals surface area contributed by atoms with Crippen molar-refractivity contribution in [1.82, 2.24) is 9.38 Å². The van der Waals surface area contributed by atoms with Gasteiger partial charge in [0.1, 0.15) is 11.8 Å². The summed E-state index contributed by atoms with van der Waals surface area (Å²) in [5, 5.41) is 19.7. The number of imidazole rings is 1. The van der Waals surface area contributed by atoms with Gasteiger partial charge in [-0.15, -0.1) is 0 Å². The molecule has 2 rings (SSSR count). The summed E-state index contributed by atoms with van der Waals surface area (Å²) in [5.74, 6) is 0. The monoisotopic (exact) mass is 206 g/mol. The molecule has 0 aliphatic carbocycles. The third-order valence-electron chi connectivity index (χ3n) is 2.39. The summed E-state index contributed by atoms with van der Waals surface area (Å²) in [6.07, 6.45) is 2.44. The molecule has 15 heavy (non-hydrogen) atoms. The molecule has 2 aromatic heterocycles. The Morgan fingerprint density at radius 3 is 2.80 bits per heavy atom. The molecule has 0 aliphatic rings. The first kappa shape index (κ1) is 10.1. The molecule has 0 fully saturated rings. The van der Waals surface area contributed by atoms with Crippen LogP contribution in [0.2, 0.25) is 0 Å². The minimum absolute atomic E-state index is 0.595. The molecule has 0 spiro atoms. The molecule has 0 aromatic carbocycles.